The Morgan fingerprint density at radius 2 is 2.10 bits per heavy atom. The molecule has 2 aliphatic rings. The van der Waals surface area contributed by atoms with Crippen LogP contribution in [0.4, 0.5) is 0 Å². The molecular formula is C7H13N2Rb. The average molecular weight is 211 g/mol. The van der Waals surface area contributed by atoms with E-state index in [1.165, 1.54) is 19.3 Å². The molecule has 0 radical (unpaired) electrons. The molecule has 1 aliphatic heterocycles. The zero-order chi connectivity index (χ0) is 6.16. The summed E-state index contributed by atoms with van der Waals surface area (Å²) in [6, 6.07) is 0. The van der Waals surface area contributed by atoms with Crippen LogP contribution in [-0.4, -0.2) is 25.2 Å². The van der Waals surface area contributed by atoms with Gasteiger partial charge >= 0.3 is 58.2 Å². The van der Waals surface area contributed by atoms with Gasteiger partial charge in [0.05, 0.1) is 0 Å². The molecule has 3 heteroatoms. The zero-order valence-corrected chi connectivity index (χ0v) is 11.6. The molecular weight excluding hydrogens is 198 g/mol. The van der Waals surface area contributed by atoms with E-state index in [-0.39, 0.29) is 58.2 Å². The van der Waals surface area contributed by atoms with E-state index < -0.39 is 0 Å². The van der Waals surface area contributed by atoms with E-state index >= 15 is 0 Å². The fourth-order valence-corrected chi connectivity index (χ4v) is 1.69. The van der Waals surface area contributed by atoms with E-state index in [0.717, 1.165) is 19.6 Å². The van der Waals surface area contributed by atoms with Gasteiger partial charge in [0.15, 0.2) is 0 Å². The molecule has 0 aromatic rings. The Morgan fingerprint density at radius 1 is 1.30 bits per heavy atom. The molecule has 1 saturated heterocycles. The van der Waals surface area contributed by atoms with Gasteiger partial charge in [-0.3, -0.25) is 0 Å². The Labute approximate surface area is 111 Å². The zero-order valence-electron chi connectivity index (χ0n) is 6.69. The van der Waals surface area contributed by atoms with Crippen LogP contribution in [-0.2, 0) is 0 Å². The minimum absolute atomic E-state index is 0. The molecule has 2 rings (SSSR count). The number of piperazine rings is 1. The summed E-state index contributed by atoms with van der Waals surface area (Å²) in [5.74, 6) is 0. The van der Waals surface area contributed by atoms with Crippen LogP contribution < -0.4 is 63.5 Å². The van der Waals surface area contributed by atoms with Gasteiger partial charge in [-0.05, 0) is 31.3 Å². The van der Waals surface area contributed by atoms with Crippen LogP contribution >= 0.6 is 0 Å². The van der Waals surface area contributed by atoms with Gasteiger partial charge in [0.25, 0.3) is 0 Å². The second-order valence-corrected chi connectivity index (χ2v) is 3.17. The van der Waals surface area contributed by atoms with Gasteiger partial charge in [-0.25, -0.2) is 0 Å². The quantitative estimate of drug-likeness (QED) is 0.487. The Hall–Kier alpha value is 1.73. The average Bonchev–Trinajstić information content (AvgIpc) is 1.87. The second-order valence-electron chi connectivity index (χ2n) is 3.17. The monoisotopic (exact) mass is 210 g/mol. The van der Waals surface area contributed by atoms with Crippen LogP contribution in [0.2, 0.25) is 0 Å². The molecule has 1 saturated carbocycles. The molecule has 2 nitrogen and oxygen atoms in total. The van der Waals surface area contributed by atoms with Crippen molar-refractivity contribution in [1.82, 2.24) is 5.32 Å². The van der Waals surface area contributed by atoms with Crippen LogP contribution in [0.1, 0.15) is 19.3 Å². The number of nitrogens with zero attached hydrogens (tertiary/aromatic N) is 1. The third-order valence-electron chi connectivity index (χ3n) is 2.50. The Kier molecular flexibility index (Phi) is 4.02. The summed E-state index contributed by atoms with van der Waals surface area (Å²) >= 11 is 0. The number of hydrogen-bond donors (Lipinski definition) is 1. The molecule has 10 heavy (non-hydrogen) atoms. The van der Waals surface area contributed by atoms with Crippen LogP contribution in [0.15, 0.2) is 0 Å². The van der Waals surface area contributed by atoms with Gasteiger partial charge in [0.1, 0.15) is 0 Å². The van der Waals surface area contributed by atoms with Crippen molar-refractivity contribution in [3.63, 3.8) is 0 Å². The first kappa shape index (κ1) is 9.81. The minimum Gasteiger partial charge on any atom is -0.660 e. The Balaban J connectivity index is 0.000000500. The molecule has 0 unspecified atom stereocenters. The smallest absolute Gasteiger partial charge is 0.660 e. The predicted molar refractivity (Wildman–Crippen MR) is 37.7 cm³/mol. The van der Waals surface area contributed by atoms with E-state index in [1.54, 1.807) is 0 Å². The topological polar surface area (TPSA) is 26.1 Å². The first-order valence-corrected chi connectivity index (χ1v) is 3.80. The standard InChI is InChI=1S/C7H13N2.Rb/c1-2-7(3-1)6-8-4-5-9-7;/h9H,1-6H2;/q-1;+1. The molecule has 0 aromatic carbocycles. The van der Waals surface area contributed by atoms with Crippen LogP contribution in [0, 0.1) is 0 Å². The predicted octanol–water partition coefficient (Wildman–Crippen LogP) is -2.11. The van der Waals surface area contributed by atoms with Crippen LogP contribution in [0.5, 0.6) is 0 Å². The van der Waals surface area contributed by atoms with Crippen molar-refractivity contribution >= 4 is 0 Å². The first-order chi connectivity index (χ1) is 4.41. The summed E-state index contributed by atoms with van der Waals surface area (Å²) in [6.07, 6.45) is 4.12. The normalized spacial score (nSPS) is 28.8. The summed E-state index contributed by atoms with van der Waals surface area (Å²) in [5.41, 5.74) is 0.484. The number of nitrogens with one attached hydrogen (secondary N) is 1. The van der Waals surface area contributed by atoms with Crippen molar-refractivity contribution in [2.24, 2.45) is 0 Å². The number of hydrogen-bond acceptors (Lipinski definition) is 1. The largest absolute Gasteiger partial charge is 1.00 e. The molecule has 0 bridgehead atoms. The molecule has 1 spiro atoms. The summed E-state index contributed by atoms with van der Waals surface area (Å²) in [4.78, 5) is 0. The van der Waals surface area contributed by atoms with E-state index in [9.17, 15) is 0 Å². The second kappa shape index (κ2) is 4.10. The summed E-state index contributed by atoms with van der Waals surface area (Å²) < 4.78 is 0. The molecule has 1 N–H and O–H groups in total. The van der Waals surface area contributed by atoms with Crippen LogP contribution in [0.3, 0.4) is 0 Å². The van der Waals surface area contributed by atoms with E-state index in [4.69, 9.17) is 0 Å². The van der Waals surface area contributed by atoms with E-state index in [1.807, 2.05) is 0 Å². The van der Waals surface area contributed by atoms with Crippen molar-refractivity contribution in [3.8, 4) is 0 Å². The third kappa shape index (κ3) is 1.90. The van der Waals surface area contributed by atoms with Crippen molar-refractivity contribution in [2.75, 3.05) is 19.6 Å². The van der Waals surface area contributed by atoms with Gasteiger partial charge in [-0.2, -0.15) is 0 Å². The van der Waals surface area contributed by atoms with Gasteiger partial charge < -0.3 is 10.6 Å². The van der Waals surface area contributed by atoms with Crippen molar-refractivity contribution in [3.05, 3.63) is 5.32 Å². The molecule has 0 atom stereocenters. The molecule has 0 aromatic heterocycles. The van der Waals surface area contributed by atoms with E-state index in [0.29, 0.717) is 5.54 Å². The molecule has 52 valence electrons. The fourth-order valence-electron chi connectivity index (χ4n) is 1.69. The first-order valence-electron chi connectivity index (χ1n) is 3.80. The SMILES string of the molecule is C1CC2(C1)C[N-]CCN2.[Rb+]. The summed E-state index contributed by atoms with van der Waals surface area (Å²) in [7, 11) is 0. The van der Waals surface area contributed by atoms with Crippen molar-refractivity contribution < 1.29 is 58.2 Å². The van der Waals surface area contributed by atoms with Gasteiger partial charge in [-0.1, -0.05) is 0 Å². The molecule has 1 aliphatic carbocycles. The number of rotatable bonds is 0. The molecule has 1 heterocycles. The van der Waals surface area contributed by atoms with Crippen molar-refractivity contribution in [1.29, 1.82) is 0 Å². The van der Waals surface area contributed by atoms with E-state index in [2.05, 4.69) is 10.6 Å². The molecule has 2 fully saturated rings. The van der Waals surface area contributed by atoms with Gasteiger partial charge in [0, 0.05) is 0 Å². The third-order valence-corrected chi connectivity index (χ3v) is 2.50. The maximum atomic E-state index is 4.39. The molecule has 0 amide bonds. The minimum atomic E-state index is 0. The Morgan fingerprint density at radius 3 is 2.40 bits per heavy atom. The van der Waals surface area contributed by atoms with Crippen molar-refractivity contribution in [2.45, 2.75) is 24.8 Å². The summed E-state index contributed by atoms with van der Waals surface area (Å²) in [5, 5.41) is 7.93. The maximum Gasteiger partial charge on any atom is 1.00 e. The van der Waals surface area contributed by atoms with Crippen LogP contribution in [0.25, 0.3) is 5.32 Å². The van der Waals surface area contributed by atoms with Gasteiger partial charge in [0.2, 0.25) is 0 Å². The summed E-state index contributed by atoms with van der Waals surface area (Å²) in [6.45, 7) is 3.22. The fraction of sp³-hybridized carbons (Fsp3) is 1.00. The maximum absolute atomic E-state index is 4.39. The van der Waals surface area contributed by atoms with Gasteiger partial charge in [-0.15, -0.1) is 13.1 Å². The Bertz CT molecular complexity index is 104.